The third-order valence-corrected chi connectivity index (χ3v) is 3.82. The van der Waals surface area contributed by atoms with Gasteiger partial charge in [0.15, 0.2) is 0 Å². The van der Waals surface area contributed by atoms with Crippen molar-refractivity contribution in [3.63, 3.8) is 0 Å². The minimum atomic E-state index is -3.26. The summed E-state index contributed by atoms with van der Waals surface area (Å²) >= 11 is 0. The van der Waals surface area contributed by atoms with Crippen molar-refractivity contribution in [3.05, 3.63) is 0 Å². The van der Waals surface area contributed by atoms with E-state index in [0.717, 1.165) is 0 Å². The van der Waals surface area contributed by atoms with E-state index in [1.165, 1.54) is 10.6 Å². The standard InChI is InChI=1S/C11H24N2O3S/c1-9(2)10(14)12-7-8-13(11(3,4)5)17(6,15)16/h9H,7-8H2,1-6H3,(H,12,14). The average molecular weight is 264 g/mol. The molecule has 0 aliphatic heterocycles. The Hall–Kier alpha value is -0.620. The van der Waals surface area contributed by atoms with E-state index < -0.39 is 15.6 Å². The summed E-state index contributed by atoms with van der Waals surface area (Å²) in [5, 5.41) is 2.71. The molecule has 0 unspecified atom stereocenters. The number of carbonyl (C=O) groups excluding carboxylic acids is 1. The minimum absolute atomic E-state index is 0.0626. The van der Waals surface area contributed by atoms with Crippen LogP contribution in [-0.4, -0.2) is 43.5 Å². The molecule has 5 nitrogen and oxygen atoms in total. The van der Waals surface area contributed by atoms with Crippen molar-refractivity contribution < 1.29 is 13.2 Å². The fraction of sp³-hybridized carbons (Fsp3) is 0.909. The number of carbonyl (C=O) groups is 1. The van der Waals surface area contributed by atoms with Crippen LogP contribution in [-0.2, 0) is 14.8 Å². The fourth-order valence-electron chi connectivity index (χ4n) is 1.48. The first-order chi connectivity index (χ1) is 7.46. The number of sulfonamides is 1. The van der Waals surface area contributed by atoms with Crippen molar-refractivity contribution in [1.29, 1.82) is 0 Å². The van der Waals surface area contributed by atoms with Gasteiger partial charge in [0.25, 0.3) is 0 Å². The van der Waals surface area contributed by atoms with Crippen molar-refractivity contribution in [2.24, 2.45) is 5.92 Å². The van der Waals surface area contributed by atoms with Gasteiger partial charge in [0, 0.05) is 24.5 Å². The van der Waals surface area contributed by atoms with E-state index in [0.29, 0.717) is 13.1 Å². The first kappa shape index (κ1) is 16.4. The summed E-state index contributed by atoms with van der Waals surface area (Å²) in [7, 11) is -3.26. The van der Waals surface area contributed by atoms with Crippen LogP contribution in [0, 0.1) is 5.92 Å². The molecule has 0 aromatic carbocycles. The third kappa shape index (κ3) is 6.02. The SMILES string of the molecule is CC(C)C(=O)NCCN(C(C)(C)C)S(C)(=O)=O. The zero-order valence-electron chi connectivity index (χ0n) is 11.6. The Kier molecular flexibility index (Phi) is 5.61. The molecule has 17 heavy (non-hydrogen) atoms. The molecule has 6 heteroatoms. The maximum Gasteiger partial charge on any atom is 0.222 e. The van der Waals surface area contributed by atoms with Crippen molar-refractivity contribution in [2.45, 2.75) is 40.2 Å². The molecule has 102 valence electrons. The van der Waals surface area contributed by atoms with Gasteiger partial charge in [0.1, 0.15) is 0 Å². The maximum atomic E-state index is 11.6. The molecule has 0 fully saturated rings. The van der Waals surface area contributed by atoms with Gasteiger partial charge in [0.2, 0.25) is 15.9 Å². The van der Waals surface area contributed by atoms with E-state index >= 15 is 0 Å². The molecule has 0 saturated carbocycles. The quantitative estimate of drug-likeness (QED) is 0.799. The molecule has 0 atom stereocenters. The summed E-state index contributed by atoms with van der Waals surface area (Å²) in [6.07, 6.45) is 1.18. The Labute approximate surface area is 105 Å². The summed E-state index contributed by atoms with van der Waals surface area (Å²) < 4.78 is 24.6. The topological polar surface area (TPSA) is 66.5 Å². The number of amides is 1. The van der Waals surface area contributed by atoms with Crippen LogP contribution >= 0.6 is 0 Å². The van der Waals surface area contributed by atoms with E-state index in [4.69, 9.17) is 0 Å². The maximum absolute atomic E-state index is 11.6. The molecular formula is C11H24N2O3S. The highest BCUT2D eigenvalue weighted by Gasteiger charge is 2.28. The van der Waals surface area contributed by atoms with E-state index in [-0.39, 0.29) is 11.8 Å². The van der Waals surface area contributed by atoms with Crippen LogP contribution in [0.1, 0.15) is 34.6 Å². The Bertz CT molecular complexity index is 355. The monoisotopic (exact) mass is 264 g/mol. The summed E-state index contributed by atoms with van der Waals surface area (Å²) in [4.78, 5) is 11.3. The molecular weight excluding hydrogens is 240 g/mol. The van der Waals surface area contributed by atoms with Crippen molar-refractivity contribution in [1.82, 2.24) is 9.62 Å². The smallest absolute Gasteiger partial charge is 0.222 e. The molecule has 1 N–H and O–H groups in total. The van der Waals surface area contributed by atoms with Gasteiger partial charge in [-0.25, -0.2) is 8.42 Å². The summed E-state index contributed by atoms with van der Waals surface area (Å²) in [6.45, 7) is 9.72. The Morgan fingerprint density at radius 2 is 1.76 bits per heavy atom. The number of nitrogens with one attached hydrogen (secondary N) is 1. The minimum Gasteiger partial charge on any atom is -0.355 e. The van der Waals surface area contributed by atoms with Crippen LogP contribution in [0.2, 0.25) is 0 Å². The van der Waals surface area contributed by atoms with E-state index in [1.807, 2.05) is 20.8 Å². The summed E-state index contributed by atoms with van der Waals surface area (Å²) in [5.41, 5.74) is -0.476. The predicted octanol–water partition coefficient (Wildman–Crippen LogP) is 0.819. The van der Waals surface area contributed by atoms with Gasteiger partial charge in [-0.15, -0.1) is 0 Å². The largest absolute Gasteiger partial charge is 0.355 e. The first-order valence-electron chi connectivity index (χ1n) is 5.72. The van der Waals surface area contributed by atoms with Gasteiger partial charge >= 0.3 is 0 Å². The molecule has 0 heterocycles. The number of hydrogen-bond donors (Lipinski definition) is 1. The highest BCUT2D eigenvalue weighted by atomic mass is 32.2. The second-order valence-corrected chi connectivity index (χ2v) is 7.36. The number of rotatable bonds is 5. The lowest BCUT2D eigenvalue weighted by Gasteiger charge is -2.33. The average Bonchev–Trinajstić information content (AvgIpc) is 2.07. The zero-order chi connectivity index (χ0) is 13.9. The number of nitrogens with zero attached hydrogens (tertiary/aromatic N) is 1. The van der Waals surface area contributed by atoms with Gasteiger partial charge in [-0.05, 0) is 20.8 Å². The van der Waals surface area contributed by atoms with Crippen molar-refractivity contribution in [3.8, 4) is 0 Å². The van der Waals surface area contributed by atoms with Gasteiger partial charge < -0.3 is 5.32 Å². The van der Waals surface area contributed by atoms with Crippen LogP contribution in [0.3, 0.4) is 0 Å². The van der Waals surface area contributed by atoms with Crippen LogP contribution < -0.4 is 5.32 Å². The van der Waals surface area contributed by atoms with Gasteiger partial charge in [-0.3, -0.25) is 4.79 Å². The first-order valence-corrected chi connectivity index (χ1v) is 7.56. The van der Waals surface area contributed by atoms with E-state index in [9.17, 15) is 13.2 Å². The van der Waals surface area contributed by atoms with Crippen LogP contribution in [0.25, 0.3) is 0 Å². The van der Waals surface area contributed by atoms with E-state index in [2.05, 4.69) is 5.32 Å². The fourth-order valence-corrected chi connectivity index (χ4v) is 2.90. The lowest BCUT2D eigenvalue weighted by molar-refractivity contribution is -0.124. The Morgan fingerprint density at radius 1 is 1.29 bits per heavy atom. The van der Waals surface area contributed by atoms with Crippen molar-refractivity contribution >= 4 is 15.9 Å². The second-order valence-electron chi connectivity index (χ2n) is 5.45. The molecule has 0 aromatic heterocycles. The van der Waals surface area contributed by atoms with Gasteiger partial charge in [-0.1, -0.05) is 13.8 Å². The molecule has 1 amide bonds. The molecule has 0 bridgehead atoms. The van der Waals surface area contributed by atoms with E-state index in [1.54, 1.807) is 13.8 Å². The molecule has 0 rings (SSSR count). The highest BCUT2D eigenvalue weighted by molar-refractivity contribution is 7.88. The zero-order valence-corrected chi connectivity index (χ0v) is 12.4. The summed E-state index contributed by atoms with van der Waals surface area (Å²) in [5.74, 6) is -0.149. The lowest BCUT2D eigenvalue weighted by atomic mass is 10.1. The molecule has 0 radical (unpaired) electrons. The molecule has 0 aliphatic carbocycles. The lowest BCUT2D eigenvalue weighted by Crippen LogP contribution is -2.48. The van der Waals surface area contributed by atoms with Crippen LogP contribution in [0.4, 0.5) is 0 Å². The Morgan fingerprint density at radius 3 is 2.06 bits per heavy atom. The van der Waals surface area contributed by atoms with Crippen molar-refractivity contribution in [2.75, 3.05) is 19.3 Å². The normalized spacial score (nSPS) is 13.2. The summed E-state index contributed by atoms with van der Waals surface area (Å²) in [6, 6.07) is 0. The molecule has 0 spiro atoms. The number of hydrogen-bond acceptors (Lipinski definition) is 3. The third-order valence-electron chi connectivity index (χ3n) is 2.29. The predicted molar refractivity (Wildman–Crippen MR) is 69.2 cm³/mol. The highest BCUT2D eigenvalue weighted by Crippen LogP contribution is 2.16. The molecule has 0 aromatic rings. The van der Waals surface area contributed by atoms with Crippen LogP contribution in [0.15, 0.2) is 0 Å². The van der Waals surface area contributed by atoms with Gasteiger partial charge in [-0.2, -0.15) is 4.31 Å². The molecule has 0 aliphatic rings. The second kappa shape index (κ2) is 5.82. The Balaban J connectivity index is 4.46. The van der Waals surface area contributed by atoms with Gasteiger partial charge in [0.05, 0.1) is 6.26 Å². The molecule has 0 saturated heterocycles. The van der Waals surface area contributed by atoms with Crippen LogP contribution in [0.5, 0.6) is 0 Å².